The minimum absolute atomic E-state index is 0. The van der Waals surface area contributed by atoms with Crippen molar-refractivity contribution in [3.05, 3.63) is 26.7 Å². The summed E-state index contributed by atoms with van der Waals surface area (Å²) in [6.07, 6.45) is 0. The van der Waals surface area contributed by atoms with Crippen molar-refractivity contribution in [2.45, 2.75) is 0 Å². The second-order valence-electron chi connectivity index (χ2n) is 2.11. The Balaban J connectivity index is 0.00000144. The minimum atomic E-state index is -0.653. The average molecular weight is 314 g/mol. The predicted molar refractivity (Wildman–Crippen MR) is 57.2 cm³/mol. The van der Waals surface area contributed by atoms with E-state index < -0.39 is 4.92 Å². The Morgan fingerprint density at radius 1 is 1.54 bits per heavy atom. The molecule has 7 heteroatoms. The highest BCUT2D eigenvalue weighted by Gasteiger charge is 2.15. The third-order valence-electron chi connectivity index (χ3n) is 1.30. The zero-order chi connectivity index (χ0) is 9.30. The number of nitrogens with zero attached hydrogens (tertiary/aromatic N) is 1. The number of hydrogen-bond donors (Lipinski definition) is 2. The number of halogens is 2. The van der Waals surface area contributed by atoms with E-state index in [1.165, 1.54) is 12.1 Å². The van der Waals surface area contributed by atoms with E-state index >= 15 is 0 Å². The predicted octanol–water partition coefficient (Wildman–Crippen LogP) is 2.22. The molecule has 0 unspecified atom stereocenters. The van der Waals surface area contributed by atoms with Crippen molar-refractivity contribution in [2.24, 2.45) is 0 Å². The van der Waals surface area contributed by atoms with Gasteiger partial charge in [-0.25, -0.2) is 0 Å². The molecule has 0 bridgehead atoms. The monoisotopic (exact) mass is 312 g/mol. The molecule has 13 heavy (non-hydrogen) atoms. The molecule has 72 valence electrons. The van der Waals surface area contributed by atoms with Crippen molar-refractivity contribution in [1.29, 1.82) is 0 Å². The van der Waals surface area contributed by atoms with Crippen molar-refractivity contribution in [1.82, 2.24) is 0 Å². The summed E-state index contributed by atoms with van der Waals surface area (Å²) in [5.74, 6) is -0.295. The highest BCUT2D eigenvalue weighted by molar-refractivity contribution is 9.10. The molecule has 0 heterocycles. The van der Waals surface area contributed by atoms with Gasteiger partial charge in [0.15, 0.2) is 5.69 Å². The summed E-state index contributed by atoms with van der Waals surface area (Å²) in [6.45, 7) is 0. The van der Waals surface area contributed by atoms with Crippen LogP contribution in [0.3, 0.4) is 0 Å². The van der Waals surface area contributed by atoms with E-state index in [1.54, 1.807) is 0 Å². The van der Waals surface area contributed by atoms with E-state index in [4.69, 9.17) is 10.8 Å². The Hall–Kier alpha value is -0.820. The van der Waals surface area contributed by atoms with Crippen LogP contribution in [0, 0.1) is 10.1 Å². The molecule has 0 spiro atoms. The Morgan fingerprint density at radius 3 is 2.54 bits per heavy atom. The Bertz CT molecular complexity index is 343. The molecular formula is C6H6Br2N2O3. The van der Waals surface area contributed by atoms with E-state index in [1.807, 2.05) is 0 Å². The number of nitrogens with two attached hydrogens (primary N) is 1. The molecule has 0 radical (unpaired) electrons. The summed E-state index contributed by atoms with van der Waals surface area (Å²) in [7, 11) is 0. The number of nitro groups is 1. The van der Waals surface area contributed by atoms with Crippen LogP contribution in [0.4, 0.5) is 11.4 Å². The second-order valence-corrected chi connectivity index (χ2v) is 3.03. The summed E-state index contributed by atoms with van der Waals surface area (Å²) < 4.78 is 0.418. The lowest BCUT2D eigenvalue weighted by Gasteiger charge is -1.99. The highest BCUT2D eigenvalue weighted by Crippen LogP contribution is 2.33. The maximum absolute atomic E-state index is 10.3. The van der Waals surface area contributed by atoms with Crippen molar-refractivity contribution in [3.63, 3.8) is 0 Å². The first-order chi connectivity index (χ1) is 5.52. The molecule has 0 saturated carbocycles. The fourth-order valence-corrected chi connectivity index (χ4v) is 1.17. The van der Waals surface area contributed by atoms with Crippen LogP contribution in [0.5, 0.6) is 5.75 Å². The first kappa shape index (κ1) is 12.2. The van der Waals surface area contributed by atoms with E-state index in [-0.39, 0.29) is 34.1 Å². The maximum atomic E-state index is 10.3. The summed E-state index contributed by atoms with van der Waals surface area (Å²) >= 11 is 3.00. The lowest BCUT2D eigenvalue weighted by atomic mass is 10.2. The Morgan fingerprint density at radius 2 is 2.08 bits per heavy atom. The molecule has 0 aromatic heterocycles. The van der Waals surface area contributed by atoms with Crippen LogP contribution in [0.25, 0.3) is 0 Å². The number of rotatable bonds is 1. The van der Waals surface area contributed by atoms with Gasteiger partial charge in [0.25, 0.3) is 5.69 Å². The second kappa shape index (κ2) is 4.43. The van der Waals surface area contributed by atoms with Crippen molar-refractivity contribution < 1.29 is 10.0 Å². The number of anilines is 1. The number of aromatic hydroxyl groups is 1. The molecule has 0 saturated heterocycles. The van der Waals surface area contributed by atoms with Crippen molar-refractivity contribution in [2.75, 3.05) is 5.73 Å². The third-order valence-corrected chi connectivity index (χ3v) is 1.76. The largest absolute Gasteiger partial charge is 0.505 e. The van der Waals surface area contributed by atoms with Gasteiger partial charge in [0.2, 0.25) is 0 Å². The van der Waals surface area contributed by atoms with E-state index in [9.17, 15) is 10.1 Å². The summed E-state index contributed by atoms with van der Waals surface area (Å²) in [5, 5.41) is 19.4. The van der Waals surface area contributed by atoms with Crippen molar-refractivity contribution in [3.8, 4) is 5.75 Å². The molecule has 5 nitrogen and oxygen atoms in total. The number of hydrogen-bond acceptors (Lipinski definition) is 4. The minimum Gasteiger partial charge on any atom is -0.505 e. The molecule has 0 amide bonds. The number of nitro benzene ring substituents is 1. The standard InChI is InChI=1S/C6H5BrN2O3.BrH/c7-3-1-4(9(11)12)6(8)5(10)2-3;/h1-2,10H,8H2;1H. The fraction of sp³-hybridized carbons (Fsp3) is 0. The summed E-state index contributed by atoms with van der Waals surface area (Å²) in [5.41, 5.74) is 4.72. The van der Waals surface area contributed by atoms with Crippen LogP contribution in [-0.4, -0.2) is 10.0 Å². The Labute approximate surface area is 92.6 Å². The topological polar surface area (TPSA) is 89.4 Å². The van der Waals surface area contributed by atoms with E-state index in [2.05, 4.69) is 15.9 Å². The molecule has 0 fully saturated rings. The quantitative estimate of drug-likeness (QED) is 0.360. The highest BCUT2D eigenvalue weighted by atomic mass is 79.9. The van der Waals surface area contributed by atoms with Gasteiger partial charge >= 0.3 is 0 Å². The maximum Gasteiger partial charge on any atom is 0.297 e. The molecule has 0 aliphatic rings. The van der Waals surface area contributed by atoms with Crippen molar-refractivity contribution >= 4 is 44.3 Å². The van der Waals surface area contributed by atoms with Crippen LogP contribution in [0.2, 0.25) is 0 Å². The molecule has 0 aliphatic carbocycles. The van der Waals surface area contributed by atoms with Crippen LogP contribution in [0.1, 0.15) is 0 Å². The van der Waals surface area contributed by atoms with E-state index in [0.717, 1.165) is 0 Å². The van der Waals surface area contributed by atoms with Gasteiger partial charge in [-0.05, 0) is 6.07 Å². The molecule has 1 aromatic carbocycles. The normalized spacial score (nSPS) is 9.00. The number of nitrogen functional groups attached to an aromatic ring is 1. The van der Waals surface area contributed by atoms with Gasteiger partial charge in [-0.3, -0.25) is 10.1 Å². The lowest BCUT2D eigenvalue weighted by Crippen LogP contribution is -1.95. The average Bonchev–Trinajstić information content (AvgIpc) is 1.96. The van der Waals surface area contributed by atoms with Gasteiger partial charge in [-0.1, -0.05) is 15.9 Å². The van der Waals surface area contributed by atoms with Gasteiger partial charge in [0, 0.05) is 10.5 Å². The first-order valence-electron chi connectivity index (χ1n) is 2.94. The Kier molecular flexibility index (Phi) is 4.15. The molecule has 0 aliphatic heterocycles. The van der Waals surface area contributed by atoms with Crippen LogP contribution >= 0.6 is 32.9 Å². The number of phenolic OH excluding ortho intramolecular Hbond substituents is 1. The van der Waals surface area contributed by atoms with Crippen LogP contribution in [0.15, 0.2) is 16.6 Å². The first-order valence-corrected chi connectivity index (χ1v) is 3.74. The van der Waals surface area contributed by atoms with Gasteiger partial charge < -0.3 is 10.8 Å². The summed E-state index contributed by atoms with van der Waals surface area (Å²) in [4.78, 5) is 9.67. The van der Waals surface area contributed by atoms with Gasteiger partial charge in [-0.15, -0.1) is 17.0 Å². The fourth-order valence-electron chi connectivity index (χ4n) is 0.741. The SMILES string of the molecule is Br.Nc1c(O)cc(Br)cc1[N+](=O)[O-]. The third kappa shape index (κ3) is 2.56. The molecule has 3 N–H and O–H groups in total. The van der Waals surface area contributed by atoms with Crippen LogP contribution in [-0.2, 0) is 0 Å². The van der Waals surface area contributed by atoms with Crippen LogP contribution < -0.4 is 5.73 Å². The van der Waals surface area contributed by atoms with E-state index in [0.29, 0.717) is 4.47 Å². The zero-order valence-electron chi connectivity index (χ0n) is 6.23. The number of benzene rings is 1. The van der Waals surface area contributed by atoms with Gasteiger partial charge in [0.05, 0.1) is 4.92 Å². The molecule has 1 aromatic rings. The lowest BCUT2D eigenvalue weighted by molar-refractivity contribution is -0.384. The molecular weight excluding hydrogens is 308 g/mol. The van der Waals surface area contributed by atoms with Gasteiger partial charge in [0.1, 0.15) is 5.75 Å². The zero-order valence-corrected chi connectivity index (χ0v) is 9.53. The molecule has 0 atom stereocenters. The number of phenols is 1. The smallest absolute Gasteiger partial charge is 0.297 e. The molecule has 1 rings (SSSR count). The summed E-state index contributed by atoms with van der Waals surface area (Å²) in [6, 6.07) is 2.53. The van der Waals surface area contributed by atoms with Gasteiger partial charge in [-0.2, -0.15) is 0 Å².